The van der Waals surface area contributed by atoms with Crippen LogP contribution >= 0.6 is 22.9 Å². The second-order valence-corrected chi connectivity index (χ2v) is 6.14. The quantitative estimate of drug-likeness (QED) is 0.718. The third-order valence-electron chi connectivity index (χ3n) is 3.65. The lowest BCUT2D eigenvalue weighted by Gasteiger charge is -2.24. The maximum Gasteiger partial charge on any atom is 0.195 e. The van der Waals surface area contributed by atoms with Crippen molar-refractivity contribution >= 4 is 27.9 Å². The van der Waals surface area contributed by atoms with E-state index < -0.39 is 0 Å². The molecule has 0 saturated carbocycles. The Bertz CT molecular complexity index is 704. The van der Waals surface area contributed by atoms with Gasteiger partial charge in [-0.15, -0.1) is 11.3 Å². The Hall–Kier alpha value is -1.36. The van der Waals surface area contributed by atoms with Crippen molar-refractivity contribution in [1.82, 2.24) is 14.3 Å². The number of hydrogen-bond donors (Lipinski definition) is 0. The van der Waals surface area contributed by atoms with Crippen molar-refractivity contribution in [3.8, 4) is 0 Å². The van der Waals surface area contributed by atoms with E-state index in [-0.39, 0.29) is 0 Å². The molecule has 0 fully saturated rings. The predicted octanol–water partition coefficient (Wildman–Crippen LogP) is 4.24. The summed E-state index contributed by atoms with van der Waals surface area (Å²) in [7, 11) is 2.11. The Morgan fingerprint density at radius 2 is 2.10 bits per heavy atom. The average Bonchev–Trinajstić information content (AvgIpc) is 3.02. The second kappa shape index (κ2) is 5.56. The number of thiazole rings is 1. The number of benzene rings is 1. The van der Waals surface area contributed by atoms with Gasteiger partial charge in [0, 0.05) is 24.2 Å². The van der Waals surface area contributed by atoms with Gasteiger partial charge in [-0.25, -0.2) is 4.98 Å². The summed E-state index contributed by atoms with van der Waals surface area (Å²) < 4.78 is 2.07. The molecule has 0 saturated heterocycles. The molecule has 0 amide bonds. The van der Waals surface area contributed by atoms with Crippen molar-refractivity contribution in [2.75, 3.05) is 7.05 Å². The van der Waals surface area contributed by atoms with Crippen LogP contribution in [0.4, 0.5) is 0 Å². The van der Waals surface area contributed by atoms with Gasteiger partial charge in [0.15, 0.2) is 10.1 Å². The topological polar surface area (TPSA) is 20.5 Å². The van der Waals surface area contributed by atoms with E-state index in [4.69, 9.17) is 11.6 Å². The molecule has 104 valence electrons. The SMILES string of the molecule is C[C@H](c1ccccc1)N(C)Cc1c(Cl)nc2sccn12. The summed E-state index contributed by atoms with van der Waals surface area (Å²) in [6.07, 6.45) is 2.02. The molecule has 2 aromatic heterocycles. The highest BCUT2D eigenvalue weighted by Crippen LogP contribution is 2.25. The lowest BCUT2D eigenvalue weighted by Crippen LogP contribution is -2.22. The number of rotatable bonds is 4. The number of fused-ring (bicyclic) bond motifs is 1. The first-order valence-electron chi connectivity index (χ1n) is 6.52. The fourth-order valence-corrected chi connectivity index (χ4v) is 3.32. The van der Waals surface area contributed by atoms with Crippen LogP contribution in [0.5, 0.6) is 0 Å². The minimum atomic E-state index is 0.330. The molecule has 0 aliphatic rings. The zero-order valence-corrected chi connectivity index (χ0v) is 13.0. The number of nitrogens with zero attached hydrogens (tertiary/aromatic N) is 3. The van der Waals surface area contributed by atoms with Crippen molar-refractivity contribution in [3.05, 3.63) is 58.3 Å². The highest BCUT2D eigenvalue weighted by molar-refractivity contribution is 7.15. The van der Waals surface area contributed by atoms with Crippen LogP contribution in [0.2, 0.25) is 5.15 Å². The molecule has 0 N–H and O–H groups in total. The van der Waals surface area contributed by atoms with Crippen molar-refractivity contribution in [1.29, 1.82) is 0 Å². The van der Waals surface area contributed by atoms with Gasteiger partial charge in [-0.1, -0.05) is 41.9 Å². The van der Waals surface area contributed by atoms with Gasteiger partial charge in [-0.05, 0) is 19.5 Å². The third-order valence-corrected chi connectivity index (χ3v) is 4.71. The first-order valence-corrected chi connectivity index (χ1v) is 7.77. The highest BCUT2D eigenvalue weighted by Gasteiger charge is 2.17. The van der Waals surface area contributed by atoms with Crippen LogP contribution in [0, 0.1) is 0 Å². The first kappa shape index (κ1) is 13.6. The van der Waals surface area contributed by atoms with Gasteiger partial charge in [0.25, 0.3) is 0 Å². The van der Waals surface area contributed by atoms with E-state index in [2.05, 4.69) is 52.5 Å². The summed E-state index contributed by atoms with van der Waals surface area (Å²) in [5.41, 5.74) is 2.35. The lowest BCUT2D eigenvalue weighted by atomic mass is 10.1. The molecule has 3 aromatic rings. The molecule has 0 unspecified atom stereocenters. The van der Waals surface area contributed by atoms with Gasteiger partial charge in [-0.3, -0.25) is 9.30 Å². The van der Waals surface area contributed by atoms with Crippen LogP contribution in [0.1, 0.15) is 24.2 Å². The molecule has 0 aliphatic heterocycles. The Balaban J connectivity index is 1.83. The molecule has 0 aliphatic carbocycles. The van der Waals surface area contributed by atoms with Crippen molar-refractivity contribution in [3.63, 3.8) is 0 Å². The molecule has 1 atom stereocenters. The zero-order chi connectivity index (χ0) is 14.1. The van der Waals surface area contributed by atoms with E-state index in [1.165, 1.54) is 5.56 Å². The van der Waals surface area contributed by atoms with Crippen LogP contribution < -0.4 is 0 Å². The molecule has 0 radical (unpaired) electrons. The van der Waals surface area contributed by atoms with Gasteiger partial charge in [0.2, 0.25) is 0 Å². The van der Waals surface area contributed by atoms with Crippen LogP contribution in [-0.2, 0) is 6.54 Å². The van der Waals surface area contributed by atoms with Crippen molar-refractivity contribution in [2.24, 2.45) is 0 Å². The van der Waals surface area contributed by atoms with E-state index in [0.29, 0.717) is 11.2 Å². The minimum Gasteiger partial charge on any atom is -0.294 e. The molecule has 2 heterocycles. The number of hydrogen-bond acceptors (Lipinski definition) is 3. The van der Waals surface area contributed by atoms with Gasteiger partial charge >= 0.3 is 0 Å². The molecule has 0 bridgehead atoms. The van der Waals surface area contributed by atoms with Crippen LogP contribution in [-0.4, -0.2) is 21.3 Å². The Morgan fingerprint density at radius 3 is 2.85 bits per heavy atom. The molecular formula is C15H16ClN3S. The molecule has 20 heavy (non-hydrogen) atoms. The van der Waals surface area contributed by atoms with E-state index in [9.17, 15) is 0 Å². The fraction of sp³-hybridized carbons (Fsp3) is 0.267. The smallest absolute Gasteiger partial charge is 0.195 e. The summed E-state index contributed by atoms with van der Waals surface area (Å²) in [6.45, 7) is 2.97. The number of imidazole rings is 1. The Morgan fingerprint density at radius 1 is 1.35 bits per heavy atom. The van der Waals surface area contributed by atoms with Crippen LogP contribution in [0.25, 0.3) is 4.96 Å². The molecule has 1 aromatic carbocycles. The summed E-state index contributed by atoms with van der Waals surface area (Å²) in [4.78, 5) is 7.61. The molecule has 0 spiro atoms. The van der Waals surface area contributed by atoms with Crippen LogP contribution in [0.3, 0.4) is 0 Å². The summed E-state index contributed by atoms with van der Waals surface area (Å²) in [5.74, 6) is 0. The first-order chi connectivity index (χ1) is 9.66. The molecule has 5 heteroatoms. The fourth-order valence-electron chi connectivity index (χ4n) is 2.31. The Kier molecular flexibility index (Phi) is 3.78. The maximum absolute atomic E-state index is 6.25. The van der Waals surface area contributed by atoms with E-state index >= 15 is 0 Å². The van der Waals surface area contributed by atoms with Crippen molar-refractivity contribution in [2.45, 2.75) is 19.5 Å². The van der Waals surface area contributed by atoms with Gasteiger partial charge < -0.3 is 0 Å². The van der Waals surface area contributed by atoms with Gasteiger partial charge in [-0.2, -0.15) is 0 Å². The zero-order valence-electron chi connectivity index (χ0n) is 11.5. The lowest BCUT2D eigenvalue weighted by molar-refractivity contribution is 0.249. The van der Waals surface area contributed by atoms with E-state index in [1.54, 1.807) is 11.3 Å². The van der Waals surface area contributed by atoms with Gasteiger partial charge in [0.1, 0.15) is 0 Å². The van der Waals surface area contributed by atoms with Crippen molar-refractivity contribution < 1.29 is 0 Å². The monoisotopic (exact) mass is 305 g/mol. The van der Waals surface area contributed by atoms with E-state index in [1.807, 2.05) is 17.6 Å². The third kappa shape index (κ3) is 2.46. The van der Waals surface area contributed by atoms with Crippen LogP contribution in [0.15, 0.2) is 41.9 Å². The standard InChI is InChI=1S/C15H16ClN3S/c1-11(12-6-4-3-5-7-12)18(2)10-13-14(16)17-15-19(13)8-9-20-15/h3-9,11H,10H2,1-2H3/t11-/m1/s1. The highest BCUT2D eigenvalue weighted by atomic mass is 35.5. The Labute approximate surface area is 127 Å². The average molecular weight is 306 g/mol. The summed E-state index contributed by atoms with van der Waals surface area (Å²) in [5, 5.41) is 2.63. The van der Waals surface area contributed by atoms with Gasteiger partial charge in [0.05, 0.1) is 5.69 Å². The van der Waals surface area contributed by atoms with E-state index in [0.717, 1.165) is 17.2 Å². The normalized spacial score (nSPS) is 13.2. The second-order valence-electron chi connectivity index (χ2n) is 4.91. The molecule has 3 rings (SSSR count). The summed E-state index contributed by atoms with van der Waals surface area (Å²) >= 11 is 7.85. The maximum atomic E-state index is 6.25. The minimum absolute atomic E-state index is 0.330. The molecular weight excluding hydrogens is 290 g/mol. The number of halogens is 1. The predicted molar refractivity (Wildman–Crippen MR) is 84.4 cm³/mol. The summed E-state index contributed by atoms with van der Waals surface area (Å²) in [6, 6.07) is 10.8. The molecule has 3 nitrogen and oxygen atoms in total. The number of aromatic nitrogens is 2. The largest absolute Gasteiger partial charge is 0.294 e.